The quantitative estimate of drug-likeness (QED) is 0.628. The number of nitrogens with two attached hydrogens (primary N) is 1. The highest BCUT2D eigenvalue weighted by molar-refractivity contribution is 7.89. The minimum absolute atomic E-state index is 0. The number of nitrogens with one attached hydrogen (secondary N) is 1. The molecule has 1 saturated heterocycles. The first-order valence-electron chi connectivity index (χ1n) is 9.97. The van der Waals surface area contributed by atoms with Gasteiger partial charge in [-0.1, -0.05) is 32.4 Å². The lowest BCUT2D eigenvalue weighted by molar-refractivity contribution is -0.123. The molecule has 1 fully saturated rings. The van der Waals surface area contributed by atoms with Crippen molar-refractivity contribution in [2.75, 3.05) is 19.6 Å². The first-order valence-corrected chi connectivity index (χ1v) is 11.4. The third-order valence-corrected chi connectivity index (χ3v) is 7.58. The number of amides is 1. The van der Waals surface area contributed by atoms with E-state index in [1.807, 2.05) is 13.8 Å². The highest BCUT2D eigenvalue weighted by Crippen LogP contribution is 2.21. The van der Waals surface area contributed by atoms with Gasteiger partial charge in [-0.05, 0) is 49.8 Å². The highest BCUT2D eigenvalue weighted by Gasteiger charge is 2.27. The van der Waals surface area contributed by atoms with Gasteiger partial charge < -0.3 is 11.1 Å². The number of benzene rings is 1. The van der Waals surface area contributed by atoms with Crippen LogP contribution in [0.5, 0.6) is 0 Å². The van der Waals surface area contributed by atoms with Crippen LogP contribution in [-0.4, -0.2) is 43.8 Å². The number of carbonyl (C=O) groups excluding carboxylic acids is 1. The topological polar surface area (TPSA) is 92.5 Å². The molecule has 28 heavy (non-hydrogen) atoms. The van der Waals surface area contributed by atoms with Crippen molar-refractivity contribution in [3.05, 3.63) is 29.8 Å². The Morgan fingerprint density at radius 2 is 1.68 bits per heavy atom. The maximum Gasteiger partial charge on any atom is 0.243 e. The van der Waals surface area contributed by atoms with Crippen molar-refractivity contribution in [1.82, 2.24) is 9.62 Å². The molecule has 1 aliphatic heterocycles. The van der Waals surface area contributed by atoms with E-state index in [0.29, 0.717) is 37.4 Å². The summed E-state index contributed by atoms with van der Waals surface area (Å²) in [5, 5.41) is 3.06. The van der Waals surface area contributed by atoms with Gasteiger partial charge in [-0.15, -0.1) is 12.4 Å². The molecule has 0 radical (unpaired) electrons. The van der Waals surface area contributed by atoms with Crippen molar-refractivity contribution in [3.63, 3.8) is 0 Å². The zero-order chi connectivity index (χ0) is 19.9. The summed E-state index contributed by atoms with van der Waals surface area (Å²) in [6.07, 6.45) is 5.47. The predicted molar refractivity (Wildman–Crippen MR) is 115 cm³/mol. The lowest BCUT2D eigenvalue weighted by atomic mass is 9.92. The van der Waals surface area contributed by atoms with Crippen LogP contribution in [0.3, 0.4) is 0 Å². The van der Waals surface area contributed by atoms with E-state index in [4.69, 9.17) is 5.73 Å². The minimum Gasteiger partial charge on any atom is -0.349 e. The smallest absolute Gasteiger partial charge is 0.243 e. The van der Waals surface area contributed by atoms with E-state index < -0.39 is 10.0 Å². The average Bonchev–Trinajstić information content (AvgIpc) is 2.71. The van der Waals surface area contributed by atoms with E-state index in [9.17, 15) is 13.2 Å². The second-order valence-electron chi connectivity index (χ2n) is 7.35. The van der Waals surface area contributed by atoms with Crippen molar-refractivity contribution in [2.45, 2.75) is 69.2 Å². The summed E-state index contributed by atoms with van der Waals surface area (Å²) in [4.78, 5) is 12.6. The number of hydrogen-bond donors (Lipinski definition) is 2. The lowest BCUT2D eigenvalue weighted by Gasteiger charge is -2.31. The molecule has 0 bridgehead atoms. The van der Waals surface area contributed by atoms with Crippen LogP contribution in [0.4, 0.5) is 0 Å². The van der Waals surface area contributed by atoms with Crippen LogP contribution in [-0.2, 0) is 21.2 Å². The number of nitrogens with zero attached hydrogens (tertiary/aromatic N) is 1. The summed E-state index contributed by atoms with van der Waals surface area (Å²) in [6, 6.07) is 6.92. The minimum atomic E-state index is -3.40. The number of aryl methyl sites for hydroxylation is 1. The van der Waals surface area contributed by atoms with E-state index >= 15 is 0 Å². The molecule has 0 saturated carbocycles. The van der Waals surface area contributed by atoms with Crippen molar-refractivity contribution < 1.29 is 13.2 Å². The molecule has 160 valence electrons. The van der Waals surface area contributed by atoms with Gasteiger partial charge in [-0.3, -0.25) is 4.79 Å². The number of halogens is 1. The van der Waals surface area contributed by atoms with Crippen LogP contribution in [0.25, 0.3) is 0 Å². The molecule has 2 rings (SSSR count). The number of carbonyl (C=O) groups is 1. The molecule has 1 heterocycles. The van der Waals surface area contributed by atoms with Gasteiger partial charge in [0.25, 0.3) is 0 Å². The Kier molecular flexibility index (Phi) is 9.90. The van der Waals surface area contributed by atoms with E-state index in [-0.39, 0.29) is 23.9 Å². The number of piperidine rings is 1. The number of hydrogen-bond acceptors (Lipinski definition) is 4. The molecule has 1 aromatic rings. The van der Waals surface area contributed by atoms with Crippen LogP contribution in [0.15, 0.2) is 29.2 Å². The van der Waals surface area contributed by atoms with Crippen molar-refractivity contribution in [2.24, 2.45) is 5.73 Å². The molecule has 1 aromatic carbocycles. The van der Waals surface area contributed by atoms with Crippen LogP contribution in [0.2, 0.25) is 0 Å². The molecule has 1 amide bonds. The first kappa shape index (κ1) is 24.9. The third-order valence-electron chi connectivity index (χ3n) is 5.67. The van der Waals surface area contributed by atoms with Crippen molar-refractivity contribution in [1.29, 1.82) is 0 Å². The zero-order valence-corrected chi connectivity index (χ0v) is 18.6. The Bertz CT molecular complexity index is 704. The molecular formula is C20H34ClN3O3S. The van der Waals surface area contributed by atoms with Gasteiger partial charge in [-0.2, -0.15) is 4.31 Å². The van der Waals surface area contributed by atoms with Crippen LogP contribution in [0.1, 0.15) is 57.9 Å². The summed E-state index contributed by atoms with van der Waals surface area (Å²) in [5.41, 5.74) is 6.45. The molecule has 0 aromatic heterocycles. The maximum atomic E-state index is 12.7. The van der Waals surface area contributed by atoms with E-state index in [2.05, 4.69) is 5.32 Å². The molecular weight excluding hydrogens is 398 g/mol. The fraction of sp³-hybridized carbons (Fsp3) is 0.650. The van der Waals surface area contributed by atoms with E-state index in [1.165, 1.54) is 0 Å². The standard InChI is InChI=1S/C20H33N3O3S.ClH/c1-3-20(4-2,16-21)22-19(24)13-10-17-8-11-18(12-9-17)27(25,26)23-14-6-5-7-15-23;/h8-9,11-12H,3-7,10,13-16,21H2,1-2H3,(H,22,24);1H. The molecule has 0 unspecified atom stereocenters. The summed E-state index contributed by atoms with van der Waals surface area (Å²) in [6.45, 7) is 5.68. The molecule has 0 spiro atoms. The second kappa shape index (κ2) is 11.1. The van der Waals surface area contributed by atoms with Gasteiger partial charge in [0.2, 0.25) is 15.9 Å². The second-order valence-corrected chi connectivity index (χ2v) is 9.29. The van der Waals surface area contributed by atoms with E-state index in [1.54, 1.807) is 28.6 Å². The van der Waals surface area contributed by atoms with Gasteiger partial charge in [0.05, 0.1) is 10.4 Å². The molecule has 0 atom stereocenters. The summed E-state index contributed by atoms with van der Waals surface area (Å²) >= 11 is 0. The average molecular weight is 432 g/mol. The van der Waals surface area contributed by atoms with Gasteiger partial charge in [0, 0.05) is 26.1 Å². The predicted octanol–water partition coefficient (Wildman–Crippen LogP) is 2.85. The summed E-state index contributed by atoms with van der Waals surface area (Å²) < 4.78 is 26.9. The summed E-state index contributed by atoms with van der Waals surface area (Å²) in [5.74, 6) is -0.0193. The molecule has 0 aliphatic carbocycles. The van der Waals surface area contributed by atoms with Crippen LogP contribution >= 0.6 is 12.4 Å². The Morgan fingerprint density at radius 1 is 1.11 bits per heavy atom. The number of sulfonamides is 1. The molecule has 1 aliphatic rings. The van der Waals surface area contributed by atoms with Crippen LogP contribution in [0, 0.1) is 0 Å². The highest BCUT2D eigenvalue weighted by atomic mass is 35.5. The van der Waals surface area contributed by atoms with Gasteiger partial charge in [0.1, 0.15) is 0 Å². The molecule has 3 N–H and O–H groups in total. The first-order chi connectivity index (χ1) is 12.9. The van der Waals surface area contributed by atoms with E-state index in [0.717, 1.165) is 37.7 Å². The Morgan fingerprint density at radius 3 is 2.18 bits per heavy atom. The summed E-state index contributed by atoms with van der Waals surface area (Å²) in [7, 11) is -3.40. The Labute approximate surface area is 175 Å². The lowest BCUT2D eigenvalue weighted by Crippen LogP contribution is -2.52. The zero-order valence-electron chi connectivity index (χ0n) is 16.9. The Hall–Kier alpha value is -1.15. The monoisotopic (exact) mass is 431 g/mol. The fourth-order valence-electron chi connectivity index (χ4n) is 3.47. The van der Waals surface area contributed by atoms with Gasteiger partial charge >= 0.3 is 0 Å². The van der Waals surface area contributed by atoms with Crippen molar-refractivity contribution >= 4 is 28.3 Å². The SMILES string of the molecule is CCC(CC)(CN)NC(=O)CCc1ccc(S(=O)(=O)N2CCCCC2)cc1.Cl. The third kappa shape index (κ3) is 6.17. The molecule has 8 heteroatoms. The van der Waals surface area contributed by atoms with Gasteiger partial charge in [-0.25, -0.2) is 8.42 Å². The van der Waals surface area contributed by atoms with Crippen molar-refractivity contribution in [3.8, 4) is 0 Å². The Balaban J connectivity index is 0.00000392. The van der Waals surface area contributed by atoms with Gasteiger partial charge in [0.15, 0.2) is 0 Å². The molecule has 6 nitrogen and oxygen atoms in total. The maximum absolute atomic E-state index is 12.7. The number of rotatable bonds is 9. The normalized spacial score (nSPS) is 15.7. The fourth-order valence-corrected chi connectivity index (χ4v) is 4.98. The van der Waals surface area contributed by atoms with Crippen LogP contribution < -0.4 is 11.1 Å². The largest absolute Gasteiger partial charge is 0.349 e.